The zero-order valence-electron chi connectivity index (χ0n) is 15.3. The SMILES string of the molecule is CCC(=O)OC(COc1ccc(Cc2sc(=O)[nH]c2O)cc1)c1ccccn1. The molecule has 1 atom stereocenters. The van der Waals surface area contributed by atoms with Crippen molar-refractivity contribution >= 4 is 17.3 Å². The third kappa shape index (κ3) is 5.20. The van der Waals surface area contributed by atoms with Gasteiger partial charge in [-0.25, -0.2) is 0 Å². The second kappa shape index (κ2) is 9.18. The number of aromatic hydroxyl groups is 1. The summed E-state index contributed by atoms with van der Waals surface area (Å²) in [6.07, 6.45) is 1.76. The number of pyridine rings is 1. The molecule has 0 amide bonds. The van der Waals surface area contributed by atoms with Crippen LogP contribution in [0.2, 0.25) is 0 Å². The molecule has 0 radical (unpaired) electrons. The molecule has 0 fully saturated rings. The maximum atomic E-state index is 11.7. The standard InChI is InChI=1S/C20H20N2O5S/c1-2-18(23)27-16(15-5-3-4-10-21-15)12-26-14-8-6-13(7-9-14)11-17-19(24)22-20(25)28-17/h3-10,16,24H,2,11-12H2,1H3,(H,22,25). The highest BCUT2D eigenvalue weighted by Crippen LogP contribution is 2.23. The number of thiazole rings is 1. The minimum Gasteiger partial charge on any atom is -0.494 e. The fourth-order valence-electron chi connectivity index (χ4n) is 2.52. The largest absolute Gasteiger partial charge is 0.494 e. The molecule has 0 spiro atoms. The predicted molar refractivity (Wildman–Crippen MR) is 105 cm³/mol. The third-order valence-electron chi connectivity index (χ3n) is 3.97. The molecule has 0 aliphatic carbocycles. The fraction of sp³-hybridized carbons (Fsp3) is 0.250. The summed E-state index contributed by atoms with van der Waals surface area (Å²) >= 11 is 0.985. The molecule has 3 aromatic rings. The molecule has 2 aromatic heterocycles. The van der Waals surface area contributed by atoms with E-state index < -0.39 is 6.10 Å². The number of ether oxygens (including phenoxy) is 2. The van der Waals surface area contributed by atoms with Crippen LogP contribution in [0.15, 0.2) is 53.5 Å². The average molecular weight is 400 g/mol. The summed E-state index contributed by atoms with van der Waals surface area (Å²) in [4.78, 5) is 29.9. The van der Waals surface area contributed by atoms with E-state index in [-0.39, 0.29) is 29.7 Å². The molecule has 1 unspecified atom stereocenters. The lowest BCUT2D eigenvalue weighted by Gasteiger charge is -2.18. The predicted octanol–water partition coefficient (Wildman–Crippen LogP) is 3.20. The molecule has 1 aromatic carbocycles. The second-order valence-electron chi connectivity index (χ2n) is 6.00. The summed E-state index contributed by atoms with van der Waals surface area (Å²) in [6.45, 7) is 1.87. The Kier molecular flexibility index (Phi) is 6.44. The van der Waals surface area contributed by atoms with Crippen LogP contribution >= 0.6 is 11.3 Å². The Morgan fingerprint density at radius 1 is 1.25 bits per heavy atom. The molecule has 0 saturated carbocycles. The molecule has 0 saturated heterocycles. The molecular weight excluding hydrogens is 380 g/mol. The van der Waals surface area contributed by atoms with E-state index in [1.165, 1.54) is 0 Å². The van der Waals surface area contributed by atoms with Crippen molar-refractivity contribution in [2.45, 2.75) is 25.9 Å². The Balaban J connectivity index is 1.64. The summed E-state index contributed by atoms with van der Waals surface area (Å²) in [5.74, 6) is 0.204. The van der Waals surface area contributed by atoms with Crippen molar-refractivity contribution in [2.24, 2.45) is 0 Å². The number of aromatic nitrogens is 2. The van der Waals surface area contributed by atoms with Crippen molar-refractivity contribution < 1.29 is 19.4 Å². The van der Waals surface area contributed by atoms with Crippen LogP contribution in [0.5, 0.6) is 11.6 Å². The number of aromatic amines is 1. The van der Waals surface area contributed by atoms with Crippen molar-refractivity contribution in [3.05, 3.63) is 74.5 Å². The summed E-state index contributed by atoms with van der Waals surface area (Å²) in [5, 5.41) is 9.68. The van der Waals surface area contributed by atoms with Gasteiger partial charge in [0.25, 0.3) is 0 Å². The van der Waals surface area contributed by atoms with Crippen LogP contribution in [0.25, 0.3) is 0 Å². The number of rotatable bonds is 8. The molecule has 3 rings (SSSR count). The Labute approximate surface area is 165 Å². The molecule has 8 heteroatoms. The highest BCUT2D eigenvalue weighted by atomic mass is 32.1. The van der Waals surface area contributed by atoms with Crippen LogP contribution in [0.4, 0.5) is 0 Å². The van der Waals surface area contributed by atoms with Crippen molar-refractivity contribution in [2.75, 3.05) is 6.61 Å². The van der Waals surface area contributed by atoms with Crippen molar-refractivity contribution in [1.29, 1.82) is 0 Å². The Hall–Kier alpha value is -3.13. The fourth-order valence-corrected chi connectivity index (χ4v) is 3.28. The number of H-pyrrole nitrogens is 1. The van der Waals surface area contributed by atoms with Gasteiger partial charge in [-0.05, 0) is 29.8 Å². The first kappa shape index (κ1) is 19.6. The normalized spacial score (nSPS) is 11.8. The first-order valence-electron chi connectivity index (χ1n) is 8.78. The lowest BCUT2D eigenvalue weighted by atomic mass is 10.1. The first-order valence-corrected chi connectivity index (χ1v) is 9.60. The molecule has 146 valence electrons. The average Bonchev–Trinajstić information content (AvgIpc) is 3.03. The molecular formula is C20H20N2O5S. The number of hydrogen-bond acceptors (Lipinski definition) is 7. The molecule has 28 heavy (non-hydrogen) atoms. The van der Waals surface area contributed by atoms with Crippen LogP contribution in [0.1, 0.15) is 35.6 Å². The Morgan fingerprint density at radius 2 is 2.04 bits per heavy atom. The van der Waals surface area contributed by atoms with Gasteiger partial charge >= 0.3 is 10.8 Å². The van der Waals surface area contributed by atoms with Gasteiger partial charge in [-0.2, -0.15) is 0 Å². The van der Waals surface area contributed by atoms with Crippen molar-refractivity contribution in [1.82, 2.24) is 9.97 Å². The van der Waals surface area contributed by atoms with E-state index in [0.717, 1.165) is 16.9 Å². The molecule has 0 bridgehead atoms. The van der Waals surface area contributed by atoms with Gasteiger partial charge in [0, 0.05) is 19.0 Å². The molecule has 0 aliphatic rings. The highest BCUT2D eigenvalue weighted by Gasteiger charge is 2.18. The van der Waals surface area contributed by atoms with Gasteiger partial charge in [-0.15, -0.1) is 0 Å². The van der Waals surface area contributed by atoms with E-state index in [2.05, 4.69) is 9.97 Å². The number of esters is 1. The maximum Gasteiger partial charge on any atom is 0.307 e. The summed E-state index contributed by atoms with van der Waals surface area (Å²) in [7, 11) is 0. The van der Waals surface area contributed by atoms with E-state index in [9.17, 15) is 14.7 Å². The van der Waals surface area contributed by atoms with Crippen LogP contribution in [0.3, 0.4) is 0 Å². The van der Waals surface area contributed by atoms with Crippen LogP contribution in [0, 0.1) is 0 Å². The number of carbonyl (C=O) groups excluding carboxylic acids is 1. The second-order valence-corrected chi connectivity index (χ2v) is 7.07. The minimum absolute atomic E-state index is 0.0914. The molecule has 0 aliphatic heterocycles. The van der Waals surface area contributed by atoms with Gasteiger partial charge in [-0.3, -0.25) is 19.6 Å². The van der Waals surface area contributed by atoms with Gasteiger partial charge < -0.3 is 14.6 Å². The summed E-state index contributed by atoms with van der Waals surface area (Å²) < 4.78 is 11.2. The van der Waals surface area contributed by atoms with Crippen LogP contribution in [-0.2, 0) is 16.0 Å². The van der Waals surface area contributed by atoms with E-state index in [1.54, 1.807) is 37.4 Å². The summed E-state index contributed by atoms with van der Waals surface area (Å²) in [5.41, 5.74) is 1.55. The minimum atomic E-state index is -0.595. The third-order valence-corrected chi connectivity index (χ3v) is 4.84. The monoisotopic (exact) mass is 400 g/mol. The van der Waals surface area contributed by atoms with Gasteiger partial charge in [0.2, 0.25) is 5.88 Å². The van der Waals surface area contributed by atoms with Crippen LogP contribution < -0.4 is 9.61 Å². The number of carbonyl (C=O) groups is 1. The Bertz CT molecular complexity index is 966. The maximum absolute atomic E-state index is 11.7. The van der Waals surface area contributed by atoms with Crippen molar-refractivity contribution in [3.8, 4) is 11.6 Å². The van der Waals surface area contributed by atoms with Gasteiger partial charge in [0.05, 0.1) is 10.6 Å². The van der Waals surface area contributed by atoms with Crippen LogP contribution in [-0.4, -0.2) is 27.7 Å². The molecule has 7 nitrogen and oxygen atoms in total. The highest BCUT2D eigenvalue weighted by molar-refractivity contribution is 7.09. The topological polar surface area (TPSA) is 102 Å². The lowest BCUT2D eigenvalue weighted by molar-refractivity contribution is -0.150. The number of benzene rings is 1. The molecule has 2 heterocycles. The number of hydrogen-bond donors (Lipinski definition) is 2. The van der Waals surface area contributed by atoms with Crippen molar-refractivity contribution in [3.63, 3.8) is 0 Å². The van der Waals surface area contributed by atoms with Gasteiger partial charge in [0.15, 0.2) is 6.10 Å². The van der Waals surface area contributed by atoms with E-state index in [4.69, 9.17) is 9.47 Å². The van der Waals surface area contributed by atoms with E-state index in [1.807, 2.05) is 18.2 Å². The lowest BCUT2D eigenvalue weighted by Crippen LogP contribution is -2.18. The van der Waals surface area contributed by atoms with Gasteiger partial charge in [0.1, 0.15) is 12.4 Å². The summed E-state index contributed by atoms with van der Waals surface area (Å²) in [6, 6.07) is 12.7. The number of nitrogens with zero attached hydrogens (tertiary/aromatic N) is 1. The Morgan fingerprint density at radius 3 is 2.64 bits per heavy atom. The smallest absolute Gasteiger partial charge is 0.307 e. The first-order chi connectivity index (χ1) is 13.5. The van der Waals surface area contributed by atoms with E-state index in [0.29, 0.717) is 22.7 Å². The molecule has 2 N–H and O–H groups in total. The quantitative estimate of drug-likeness (QED) is 0.563. The zero-order chi connectivity index (χ0) is 19.9. The number of nitrogens with one attached hydrogen (secondary N) is 1. The van der Waals surface area contributed by atoms with Gasteiger partial charge in [-0.1, -0.05) is 36.5 Å². The zero-order valence-corrected chi connectivity index (χ0v) is 16.1. The van der Waals surface area contributed by atoms with E-state index >= 15 is 0 Å².